The Bertz CT molecular complexity index is 960. The van der Waals surface area contributed by atoms with Gasteiger partial charge < -0.3 is 0 Å². The summed E-state index contributed by atoms with van der Waals surface area (Å²) in [5.74, 6) is -0.921. The number of hydrogen-bond donors (Lipinski definition) is 0. The summed E-state index contributed by atoms with van der Waals surface area (Å²) in [6.07, 6.45) is 2.99. The zero-order valence-electron chi connectivity index (χ0n) is 13.9. The number of hydrogen-bond acceptors (Lipinski definition) is 5. The lowest BCUT2D eigenvalue weighted by Crippen LogP contribution is -2.45. The topological polar surface area (TPSA) is 87.7 Å². The number of halogens is 1. The van der Waals surface area contributed by atoms with Crippen molar-refractivity contribution in [1.82, 2.24) is 15.0 Å². The Morgan fingerprint density at radius 3 is 2.31 bits per heavy atom. The lowest BCUT2D eigenvalue weighted by atomic mass is 10.2. The first-order valence-electron chi connectivity index (χ1n) is 7.83. The predicted octanol–water partition coefficient (Wildman–Crippen LogP) is 2.04. The van der Waals surface area contributed by atoms with E-state index in [1.54, 1.807) is 12.1 Å². The average Bonchev–Trinajstić information content (AvgIpc) is 3.10. The largest absolute Gasteiger partial charge is 0.274 e. The van der Waals surface area contributed by atoms with Gasteiger partial charge >= 0.3 is 0 Å². The van der Waals surface area contributed by atoms with Gasteiger partial charge in [0.15, 0.2) is 9.84 Å². The van der Waals surface area contributed by atoms with Crippen LogP contribution in [0.1, 0.15) is 27.1 Å². The van der Waals surface area contributed by atoms with E-state index < -0.39 is 21.7 Å². The van der Waals surface area contributed by atoms with Crippen LogP contribution in [0.5, 0.6) is 0 Å². The van der Waals surface area contributed by atoms with Crippen molar-refractivity contribution in [3.05, 3.63) is 58.9 Å². The SMILES string of the molecule is CS(=O)(=O)c1ccccc1C(=O)N1CCCN1C(=O)c1ccc(Cl)nc1. The molecule has 1 aromatic heterocycles. The number of amides is 2. The number of benzene rings is 1. The van der Waals surface area contributed by atoms with Crippen LogP contribution in [0.15, 0.2) is 47.5 Å². The van der Waals surface area contributed by atoms with E-state index in [1.165, 1.54) is 40.5 Å². The molecular weight excluding hydrogens is 378 g/mol. The molecule has 1 aliphatic rings. The highest BCUT2D eigenvalue weighted by molar-refractivity contribution is 7.90. The third kappa shape index (κ3) is 3.56. The smallest absolute Gasteiger partial charge is 0.267 e. The molecule has 1 fully saturated rings. The van der Waals surface area contributed by atoms with E-state index in [4.69, 9.17) is 11.6 Å². The standard InChI is InChI=1S/C17H16ClN3O4S/c1-26(24,25)14-6-3-2-5-13(14)17(23)21-10-4-9-20(21)16(22)12-7-8-15(18)19-11-12/h2-3,5-8,11H,4,9-10H2,1H3. The molecule has 0 aliphatic carbocycles. The predicted molar refractivity (Wildman–Crippen MR) is 95.5 cm³/mol. The van der Waals surface area contributed by atoms with Crippen molar-refractivity contribution in [2.24, 2.45) is 0 Å². The second kappa shape index (κ2) is 7.05. The Hall–Kier alpha value is -2.45. The van der Waals surface area contributed by atoms with Crippen LogP contribution in [0.3, 0.4) is 0 Å². The fourth-order valence-electron chi connectivity index (χ4n) is 2.79. The number of nitrogens with zero attached hydrogens (tertiary/aromatic N) is 3. The van der Waals surface area contributed by atoms with Gasteiger partial charge in [-0.3, -0.25) is 9.59 Å². The van der Waals surface area contributed by atoms with Crippen molar-refractivity contribution in [2.45, 2.75) is 11.3 Å². The number of sulfone groups is 1. The van der Waals surface area contributed by atoms with E-state index in [0.717, 1.165) is 6.26 Å². The highest BCUT2D eigenvalue weighted by Gasteiger charge is 2.33. The molecule has 7 nitrogen and oxygen atoms in total. The van der Waals surface area contributed by atoms with Crippen LogP contribution < -0.4 is 0 Å². The molecular formula is C17H16ClN3O4S. The van der Waals surface area contributed by atoms with E-state index in [1.807, 2.05) is 0 Å². The number of rotatable bonds is 3. The number of carbonyl (C=O) groups is 2. The fourth-order valence-corrected chi connectivity index (χ4v) is 3.78. The molecule has 0 N–H and O–H groups in total. The minimum atomic E-state index is -3.58. The molecule has 0 atom stereocenters. The number of hydrazine groups is 1. The lowest BCUT2D eigenvalue weighted by Gasteiger charge is -2.28. The molecule has 136 valence electrons. The van der Waals surface area contributed by atoms with E-state index in [-0.39, 0.29) is 15.6 Å². The minimum absolute atomic E-state index is 0.0453. The molecule has 1 saturated heterocycles. The van der Waals surface area contributed by atoms with Crippen molar-refractivity contribution >= 4 is 33.3 Å². The number of aromatic nitrogens is 1. The fraction of sp³-hybridized carbons (Fsp3) is 0.235. The van der Waals surface area contributed by atoms with Crippen molar-refractivity contribution < 1.29 is 18.0 Å². The van der Waals surface area contributed by atoms with Gasteiger partial charge in [-0.1, -0.05) is 23.7 Å². The van der Waals surface area contributed by atoms with Crippen LogP contribution in [0.25, 0.3) is 0 Å². The second-order valence-electron chi connectivity index (χ2n) is 5.85. The normalized spacial score (nSPS) is 14.5. The van der Waals surface area contributed by atoms with Crippen molar-refractivity contribution in [3.63, 3.8) is 0 Å². The summed E-state index contributed by atoms with van der Waals surface area (Å²) in [5.41, 5.74) is 0.342. The summed E-state index contributed by atoms with van der Waals surface area (Å²) < 4.78 is 23.9. The van der Waals surface area contributed by atoms with Gasteiger partial charge in [0.05, 0.1) is 16.0 Å². The monoisotopic (exact) mass is 393 g/mol. The van der Waals surface area contributed by atoms with Gasteiger partial charge in [-0.05, 0) is 30.7 Å². The van der Waals surface area contributed by atoms with Crippen molar-refractivity contribution in [2.75, 3.05) is 19.3 Å². The maximum atomic E-state index is 12.9. The summed E-state index contributed by atoms with van der Waals surface area (Å²) in [7, 11) is -3.58. The number of carbonyl (C=O) groups excluding carboxylic acids is 2. The Kier molecular flexibility index (Phi) is 4.97. The van der Waals surface area contributed by atoms with Gasteiger partial charge in [-0.25, -0.2) is 23.4 Å². The first kappa shape index (κ1) is 18.3. The molecule has 9 heteroatoms. The third-order valence-electron chi connectivity index (χ3n) is 3.99. The molecule has 0 bridgehead atoms. The Morgan fingerprint density at radius 1 is 1.04 bits per heavy atom. The van der Waals surface area contributed by atoms with Crippen molar-refractivity contribution in [3.8, 4) is 0 Å². The summed E-state index contributed by atoms with van der Waals surface area (Å²) in [6.45, 7) is 0.679. The summed E-state index contributed by atoms with van der Waals surface area (Å²) >= 11 is 5.74. The molecule has 2 heterocycles. The molecule has 2 aromatic rings. The molecule has 1 aliphatic heterocycles. The lowest BCUT2D eigenvalue weighted by molar-refractivity contribution is 0.0183. The van der Waals surface area contributed by atoms with E-state index >= 15 is 0 Å². The van der Waals surface area contributed by atoms with Crippen molar-refractivity contribution in [1.29, 1.82) is 0 Å². The van der Waals surface area contributed by atoms with E-state index in [9.17, 15) is 18.0 Å². The van der Waals surface area contributed by atoms with Gasteiger partial charge in [-0.2, -0.15) is 0 Å². The molecule has 0 unspecified atom stereocenters. The van der Waals surface area contributed by atoms with Gasteiger partial charge in [0, 0.05) is 25.5 Å². The highest BCUT2D eigenvalue weighted by Crippen LogP contribution is 2.22. The first-order valence-corrected chi connectivity index (χ1v) is 10.1. The third-order valence-corrected chi connectivity index (χ3v) is 5.37. The van der Waals surface area contributed by atoms with Crippen LogP contribution in [0.2, 0.25) is 5.15 Å². The molecule has 1 aromatic carbocycles. The maximum absolute atomic E-state index is 12.9. The quantitative estimate of drug-likeness (QED) is 0.744. The highest BCUT2D eigenvalue weighted by atomic mass is 35.5. The van der Waals surface area contributed by atoms with Crippen LogP contribution in [0.4, 0.5) is 0 Å². The Labute approximate surface area is 156 Å². The molecule has 0 radical (unpaired) electrons. The molecule has 3 rings (SSSR count). The molecule has 0 spiro atoms. The minimum Gasteiger partial charge on any atom is -0.267 e. The average molecular weight is 394 g/mol. The Balaban J connectivity index is 1.93. The molecule has 0 saturated carbocycles. The van der Waals surface area contributed by atoms with Crippen LogP contribution >= 0.6 is 11.6 Å². The van der Waals surface area contributed by atoms with Gasteiger partial charge in [0.1, 0.15) is 5.15 Å². The van der Waals surface area contributed by atoms with Crippen LogP contribution in [0, 0.1) is 0 Å². The maximum Gasteiger partial charge on any atom is 0.274 e. The molecule has 26 heavy (non-hydrogen) atoms. The van der Waals surface area contributed by atoms with E-state index in [2.05, 4.69) is 4.98 Å². The first-order chi connectivity index (χ1) is 12.3. The zero-order valence-corrected chi connectivity index (χ0v) is 15.5. The molecule has 2 amide bonds. The van der Waals surface area contributed by atoms with E-state index in [0.29, 0.717) is 25.1 Å². The van der Waals surface area contributed by atoms with Gasteiger partial charge in [0.2, 0.25) is 0 Å². The summed E-state index contributed by atoms with van der Waals surface area (Å²) in [6, 6.07) is 9.00. The van der Waals surface area contributed by atoms with Crippen LogP contribution in [-0.4, -0.2) is 54.6 Å². The zero-order chi connectivity index (χ0) is 18.9. The summed E-state index contributed by atoms with van der Waals surface area (Å²) in [5, 5.41) is 2.85. The number of pyridine rings is 1. The van der Waals surface area contributed by atoms with Gasteiger partial charge in [-0.15, -0.1) is 0 Å². The van der Waals surface area contributed by atoms with Crippen LogP contribution in [-0.2, 0) is 9.84 Å². The second-order valence-corrected chi connectivity index (χ2v) is 8.22. The Morgan fingerprint density at radius 2 is 1.69 bits per heavy atom. The van der Waals surface area contributed by atoms with Gasteiger partial charge in [0.25, 0.3) is 11.8 Å². The summed E-state index contributed by atoms with van der Waals surface area (Å²) in [4.78, 5) is 29.5.